The first kappa shape index (κ1) is 33.2. The van der Waals surface area contributed by atoms with E-state index < -0.39 is 28.5 Å². The molecular formula is C34H35BrClN3O4S. The Morgan fingerprint density at radius 2 is 1.52 bits per heavy atom. The zero-order chi connectivity index (χ0) is 31.5. The second-order valence-electron chi connectivity index (χ2n) is 10.3. The van der Waals surface area contributed by atoms with Crippen molar-refractivity contribution in [1.82, 2.24) is 10.2 Å². The Morgan fingerprint density at radius 3 is 2.16 bits per heavy atom. The Morgan fingerprint density at radius 1 is 0.864 bits per heavy atom. The first-order valence-corrected chi connectivity index (χ1v) is 17.0. The fraction of sp³-hybridized carbons (Fsp3) is 0.235. The molecule has 0 saturated heterocycles. The first-order valence-electron chi connectivity index (χ1n) is 14.4. The molecule has 4 aromatic rings. The molecule has 0 aliphatic rings. The topological polar surface area (TPSA) is 86.8 Å². The van der Waals surface area contributed by atoms with Gasteiger partial charge in [0, 0.05) is 29.0 Å². The summed E-state index contributed by atoms with van der Waals surface area (Å²) in [6, 6.07) is 30.4. The number of hydrogen-bond acceptors (Lipinski definition) is 4. The number of sulfonamides is 1. The zero-order valence-corrected chi connectivity index (χ0v) is 27.6. The van der Waals surface area contributed by atoms with E-state index in [-0.39, 0.29) is 29.5 Å². The maximum atomic E-state index is 14.4. The summed E-state index contributed by atoms with van der Waals surface area (Å²) >= 11 is 9.73. The van der Waals surface area contributed by atoms with Crippen LogP contribution in [0.15, 0.2) is 119 Å². The first-order chi connectivity index (χ1) is 21.2. The molecule has 0 heterocycles. The second kappa shape index (κ2) is 15.9. The van der Waals surface area contributed by atoms with Gasteiger partial charge in [-0.1, -0.05) is 108 Å². The van der Waals surface area contributed by atoms with Crippen molar-refractivity contribution in [2.24, 2.45) is 0 Å². The minimum Gasteiger partial charge on any atom is -0.354 e. The van der Waals surface area contributed by atoms with E-state index in [2.05, 4.69) is 21.2 Å². The predicted octanol–water partition coefficient (Wildman–Crippen LogP) is 6.85. The van der Waals surface area contributed by atoms with Crippen LogP contribution >= 0.6 is 27.5 Å². The Kier molecular flexibility index (Phi) is 12.0. The van der Waals surface area contributed by atoms with E-state index in [0.717, 1.165) is 32.7 Å². The van der Waals surface area contributed by atoms with E-state index in [4.69, 9.17) is 11.6 Å². The van der Waals surface area contributed by atoms with Gasteiger partial charge >= 0.3 is 0 Å². The molecule has 0 bridgehead atoms. The van der Waals surface area contributed by atoms with Gasteiger partial charge in [0.1, 0.15) is 12.6 Å². The third-order valence-corrected chi connectivity index (χ3v) is 9.62. The van der Waals surface area contributed by atoms with E-state index in [9.17, 15) is 18.0 Å². The molecule has 0 aliphatic heterocycles. The summed E-state index contributed by atoms with van der Waals surface area (Å²) in [5, 5.41) is 3.32. The van der Waals surface area contributed by atoms with E-state index in [1.807, 2.05) is 61.5 Å². The van der Waals surface area contributed by atoms with Gasteiger partial charge in [-0.3, -0.25) is 13.9 Å². The fourth-order valence-corrected chi connectivity index (χ4v) is 6.60. The molecule has 0 aromatic heterocycles. The van der Waals surface area contributed by atoms with Crippen LogP contribution in [0.5, 0.6) is 0 Å². The van der Waals surface area contributed by atoms with E-state index in [1.54, 1.807) is 36.4 Å². The Hall–Kier alpha value is -3.66. The van der Waals surface area contributed by atoms with Gasteiger partial charge in [-0.05, 0) is 60.0 Å². The highest BCUT2D eigenvalue weighted by atomic mass is 79.9. The molecule has 0 saturated carbocycles. The zero-order valence-electron chi connectivity index (χ0n) is 24.4. The lowest BCUT2D eigenvalue weighted by atomic mass is 10.0. The number of hydrogen-bond donors (Lipinski definition) is 1. The molecule has 1 N–H and O–H groups in total. The van der Waals surface area contributed by atoms with Crippen molar-refractivity contribution in [3.05, 3.63) is 130 Å². The summed E-state index contributed by atoms with van der Waals surface area (Å²) in [6.07, 6.45) is 1.95. The summed E-state index contributed by atoms with van der Waals surface area (Å²) in [4.78, 5) is 29.7. The summed E-state index contributed by atoms with van der Waals surface area (Å²) in [7, 11) is -4.18. The van der Waals surface area contributed by atoms with Crippen LogP contribution < -0.4 is 9.62 Å². The highest BCUT2D eigenvalue weighted by Crippen LogP contribution is 2.27. The molecule has 44 heavy (non-hydrogen) atoms. The van der Waals surface area contributed by atoms with Crippen molar-refractivity contribution in [2.75, 3.05) is 17.4 Å². The number of anilines is 1. The van der Waals surface area contributed by atoms with Gasteiger partial charge in [0.25, 0.3) is 10.0 Å². The minimum absolute atomic E-state index is 0.0328. The lowest BCUT2D eigenvalue weighted by molar-refractivity contribution is -0.140. The number of carbonyl (C=O) groups excluding carboxylic acids is 2. The molecule has 1 atom stereocenters. The van der Waals surface area contributed by atoms with Crippen LogP contribution in [0.25, 0.3) is 0 Å². The number of carbonyl (C=O) groups is 2. The van der Waals surface area contributed by atoms with Crippen molar-refractivity contribution in [2.45, 2.75) is 43.7 Å². The van der Waals surface area contributed by atoms with Crippen LogP contribution in [0.3, 0.4) is 0 Å². The molecule has 0 aliphatic carbocycles. The van der Waals surface area contributed by atoms with Crippen LogP contribution in [0.2, 0.25) is 5.02 Å². The molecular weight excluding hydrogens is 662 g/mol. The average Bonchev–Trinajstić information content (AvgIpc) is 3.03. The molecule has 4 rings (SSSR count). The number of rotatable bonds is 14. The molecule has 2 amide bonds. The summed E-state index contributed by atoms with van der Waals surface area (Å²) in [6.45, 7) is 2.06. The van der Waals surface area contributed by atoms with Gasteiger partial charge in [0.2, 0.25) is 11.8 Å². The van der Waals surface area contributed by atoms with Gasteiger partial charge in [-0.15, -0.1) is 0 Å². The lowest BCUT2D eigenvalue weighted by Crippen LogP contribution is -2.53. The molecule has 7 nitrogen and oxygen atoms in total. The normalized spacial score (nSPS) is 11.9. The third-order valence-electron chi connectivity index (χ3n) is 7.07. The number of halogens is 2. The van der Waals surface area contributed by atoms with Gasteiger partial charge in [-0.25, -0.2) is 8.42 Å². The third kappa shape index (κ3) is 8.94. The smallest absolute Gasteiger partial charge is 0.264 e. The SMILES string of the molecule is CCCCNC(=O)[C@H](Cc1ccccc1)N(Cc1ccc(Br)cc1)C(=O)CN(c1cccc(Cl)c1)S(=O)(=O)c1ccccc1. The molecule has 0 spiro atoms. The summed E-state index contributed by atoms with van der Waals surface area (Å²) < 4.78 is 29.9. The predicted molar refractivity (Wildman–Crippen MR) is 179 cm³/mol. The summed E-state index contributed by atoms with van der Waals surface area (Å²) in [5.41, 5.74) is 1.91. The molecule has 4 aromatic carbocycles. The number of nitrogens with zero attached hydrogens (tertiary/aromatic N) is 2. The van der Waals surface area contributed by atoms with Crippen LogP contribution in [0.1, 0.15) is 30.9 Å². The summed E-state index contributed by atoms with van der Waals surface area (Å²) in [5.74, 6) is -0.827. The van der Waals surface area contributed by atoms with E-state index in [1.165, 1.54) is 23.1 Å². The average molecular weight is 697 g/mol. The monoisotopic (exact) mass is 695 g/mol. The van der Waals surface area contributed by atoms with Crippen LogP contribution in [-0.2, 0) is 32.6 Å². The van der Waals surface area contributed by atoms with Gasteiger partial charge in [0.15, 0.2) is 0 Å². The van der Waals surface area contributed by atoms with Crippen molar-refractivity contribution < 1.29 is 18.0 Å². The molecule has 10 heteroatoms. The Balaban J connectivity index is 1.78. The van der Waals surface area contributed by atoms with E-state index in [0.29, 0.717) is 11.6 Å². The second-order valence-corrected chi connectivity index (χ2v) is 13.5. The maximum Gasteiger partial charge on any atom is 0.264 e. The molecule has 0 radical (unpaired) electrons. The van der Waals surface area contributed by atoms with Gasteiger partial charge in [0.05, 0.1) is 10.6 Å². The number of nitrogens with one attached hydrogen (secondary N) is 1. The quantitative estimate of drug-likeness (QED) is 0.146. The fourth-order valence-electron chi connectivity index (χ4n) is 4.73. The van der Waals surface area contributed by atoms with Crippen LogP contribution in [-0.4, -0.2) is 44.3 Å². The minimum atomic E-state index is -4.18. The van der Waals surface area contributed by atoms with E-state index >= 15 is 0 Å². The van der Waals surface area contributed by atoms with Crippen molar-refractivity contribution >= 4 is 55.1 Å². The van der Waals surface area contributed by atoms with Crippen molar-refractivity contribution in [1.29, 1.82) is 0 Å². The van der Waals surface area contributed by atoms with Gasteiger partial charge in [-0.2, -0.15) is 0 Å². The number of amides is 2. The van der Waals surface area contributed by atoms with Crippen molar-refractivity contribution in [3.8, 4) is 0 Å². The molecule has 0 fully saturated rings. The number of benzene rings is 4. The Bertz CT molecular complexity index is 1640. The highest BCUT2D eigenvalue weighted by Gasteiger charge is 2.34. The largest absolute Gasteiger partial charge is 0.354 e. The molecule has 0 unspecified atom stereocenters. The van der Waals surface area contributed by atoms with Gasteiger partial charge < -0.3 is 10.2 Å². The Labute approximate surface area is 273 Å². The van der Waals surface area contributed by atoms with Crippen molar-refractivity contribution in [3.63, 3.8) is 0 Å². The highest BCUT2D eigenvalue weighted by molar-refractivity contribution is 9.10. The van der Waals surface area contributed by atoms with Crippen LogP contribution in [0.4, 0.5) is 5.69 Å². The molecule has 230 valence electrons. The number of unbranched alkanes of at least 4 members (excludes halogenated alkanes) is 1. The lowest BCUT2D eigenvalue weighted by Gasteiger charge is -2.34. The van der Waals surface area contributed by atoms with Crippen LogP contribution in [0, 0.1) is 0 Å². The maximum absolute atomic E-state index is 14.4. The standard InChI is InChI=1S/C34H35BrClN3O4S/c1-2-3-21-37-34(41)32(22-26-11-6-4-7-12-26)38(24-27-17-19-28(35)20-18-27)33(40)25-39(30-14-10-13-29(36)23-30)44(42,43)31-15-8-5-9-16-31/h4-20,23,32H,2-3,21-22,24-25H2,1H3,(H,37,41)/t32-/m0/s1.